The van der Waals surface area contributed by atoms with Gasteiger partial charge in [0.05, 0.1) is 12.8 Å². The molecular formula is C14H17FN2O3. The summed E-state index contributed by atoms with van der Waals surface area (Å²) in [5.74, 6) is -0.620. The summed E-state index contributed by atoms with van der Waals surface area (Å²) in [6.45, 7) is 3.51. The van der Waals surface area contributed by atoms with E-state index in [1.807, 2.05) is 0 Å². The Kier molecular flexibility index (Phi) is 3.65. The van der Waals surface area contributed by atoms with Crippen LogP contribution in [-0.4, -0.2) is 31.0 Å². The Hall–Kier alpha value is -2.11. The molecule has 0 aromatic heterocycles. The summed E-state index contributed by atoms with van der Waals surface area (Å²) >= 11 is 0. The zero-order valence-corrected chi connectivity index (χ0v) is 11.7. The molecule has 0 saturated carbocycles. The van der Waals surface area contributed by atoms with Gasteiger partial charge in [-0.1, -0.05) is 0 Å². The maximum Gasteiger partial charge on any atom is 0.252 e. The van der Waals surface area contributed by atoms with E-state index < -0.39 is 11.4 Å². The van der Waals surface area contributed by atoms with Crippen molar-refractivity contribution in [2.75, 3.05) is 18.6 Å². The Balaban J connectivity index is 2.45. The fourth-order valence-electron chi connectivity index (χ4n) is 2.22. The molecule has 0 atom stereocenters. The van der Waals surface area contributed by atoms with Gasteiger partial charge in [0.2, 0.25) is 5.91 Å². The van der Waals surface area contributed by atoms with E-state index >= 15 is 0 Å². The zero-order chi connectivity index (χ0) is 14.9. The number of nitrogens with one attached hydrogen (secondary N) is 1. The number of anilines is 1. The fourth-order valence-corrected chi connectivity index (χ4v) is 2.22. The molecule has 1 N–H and O–H groups in total. The lowest BCUT2D eigenvalue weighted by Crippen LogP contribution is -2.53. The second kappa shape index (κ2) is 5.11. The van der Waals surface area contributed by atoms with Gasteiger partial charge < -0.3 is 15.0 Å². The number of rotatable bonds is 2. The average molecular weight is 280 g/mol. The molecule has 1 aliphatic heterocycles. The summed E-state index contributed by atoms with van der Waals surface area (Å²) in [7, 11) is 1.41. The highest BCUT2D eigenvalue weighted by Gasteiger charge is 2.38. The first-order valence-electron chi connectivity index (χ1n) is 6.31. The largest absolute Gasteiger partial charge is 0.494 e. The molecule has 1 heterocycles. The summed E-state index contributed by atoms with van der Waals surface area (Å²) in [6.07, 6.45) is 0.190. The van der Waals surface area contributed by atoms with Crippen LogP contribution < -0.4 is 15.0 Å². The van der Waals surface area contributed by atoms with Gasteiger partial charge in [0.15, 0.2) is 0 Å². The van der Waals surface area contributed by atoms with Crippen molar-refractivity contribution in [1.82, 2.24) is 5.32 Å². The second-order valence-corrected chi connectivity index (χ2v) is 5.20. The van der Waals surface area contributed by atoms with Gasteiger partial charge in [-0.15, -0.1) is 0 Å². The van der Waals surface area contributed by atoms with Crippen LogP contribution >= 0.6 is 0 Å². The molecule has 1 saturated heterocycles. The Morgan fingerprint density at radius 3 is 2.70 bits per heavy atom. The molecule has 2 rings (SSSR count). The molecule has 1 aromatic rings. The third-order valence-electron chi connectivity index (χ3n) is 3.23. The van der Waals surface area contributed by atoms with Crippen molar-refractivity contribution >= 4 is 17.5 Å². The summed E-state index contributed by atoms with van der Waals surface area (Å²) in [5, 5.41) is 2.67. The second-order valence-electron chi connectivity index (χ2n) is 5.20. The minimum absolute atomic E-state index is 0.188. The molecule has 1 aliphatic rings. The number of carbonyl (C=O) groups excluding carboxylic acids is 2. The molecule has 1 aromatic carbocycles. The summed E-state index contributed by atoms with van der Waals surface area (Å²) < 4.78 is 18.4. The third kappa shape index (κ3) is 2.59. The maximum absolute atomic E-state index is 13.2. The van der Waals surface area contributed by atoms with E-state index in [0.717, 1.165) is 0 Å². The summed E-state index contributed by atoms with van der Waals surface area (Å²) in [4.78, 5) is 25.6. The van der Waals surface area contributed by atoms with Gasteiger partial charge in [-0.2, -0.15) is 0 Å². The van der Waals surface area contributed by atoms with Crippen LogP contribution in [-0.2, 0) is 9.59 Å². The highest BCUT2D eigenvalue weighted by Crippen LogP contribution is 2.31. The van der Waals surface area contributed by atoms with Crippen LogP contribution in [0.5, 0.6) is 5.75 Å². The molecule has 5 nitrogen and oxygen atoms in total. The fraction of sp³-hybridized carbons (Fsp3) is 0.429. The first-order valence-corrected chi connectivity index (χ1v) is 6.31. The molecule has 20 heavy (non-hydrogen) atoms. The minimum Gasteiger partial charge on any atom is -0.494 e. The van der Waals surface area contributed by atoms with Crippen molar-refractivity contribution < 1.29 is 18.7 Å². The Morgan fingerprint density at radius 2 is 2.05 bits per heavy atom. The number of hydrogen-bond acceptors (Lipinski definition) is 3. The summed E-state index contributed by atoms with van der Waals surface area (Å²) in [5.41, 5.74) is -0.545. The van der Waals surface area contributed by atoms with Crippen molar-refractivity contribution in [3.8, 4) is 5.75 Å². The maximum atomic E-state index is 13.2. The van der Waals surface area contributed by atoms with Gasteiger partial charge in [-0.05, 0) is 26.0 Å². The van der Waals surface area contributed by atoms with Crippen molar-refractivity contribution in [3.05, 3.63) is 24.0 Å². The zero-order valence-electron chi connectivity index (χ0n) is 11.7. The van der Waals surface area contributed by atoms with Gasteiger partial charge in [0.1, 0.15) is 17.1 Å². The van der Waals surface area contributed by atoms with Crippen molar-refractivity contribution in [2.24, 2.45) is 0 Å². The SMILES string of the molecule is COc1cc(F)ccc1N1CCC(=O)NC(C)(C)C1=O. The number of hydrogen-bond donors (Lipinski definition) is 1. The number of nitrogens with zero attached hydrogens (tertiary/aromatic N) is 1. The van der Waals surface area contributed by atoms with Gasteiger partial charge in [0.25, 0.3) is 5.91 Å². The van der Waals surface area contributed by atoms with Crippen molar-refractivity contribution in [3.63, 3.8) is 0 Å². The van der Waals surface area contributed by atoms with Crippen LogP contribution in [0.4, 0.5) is 10.1 Å². The van der Waals surface area contributed by atoms with Crippen LogP contribution in [0.15, 0.2) is 18.2 Å². The molecule has 0 radical (unpaired) electrons. The number of benzene rings is 1. The number of carbonyl (C=O) groups is 2. The first-order chi connectivity index (χ1) is 9.35. The molecule has 0 unspecified atom stereocenters. The molecule has 2 amide bonds. The van der Waals surface area contributed by atoms with E-state index in [2.05, 4.69) is 5.32 Å². The molecule has 1 fully saturated rings. The predicted octanol–water partition coefficient (Wildman–Crippen LogP) is 1.47. The van der Waals surface area contributed by atoms with E-state index in [4.69, 9.17) is 4.74 Å². The van der Waals surface area contributed by atoms with E-state index in [9.17, 15) is 14.0 Å². The van der Waals surface area contributed by atoms with E-state index in [1.165, 1.54) is 30.2 Å². The third-order valence-corrected chi connectivity index (χ3v) is 3.23. The molecular weight excluding hydrogens is 263 g/mol. The van der Waals surface area contributed by atoms with E-state index in [-0.39, 0.29) is 30.5 Å². The van der Waals surface area contributed by atoms with Crippen LogP contribution in [0.25, 0.3) is 0 Å². The lowest BCUT2D eigenvalue weighted by molar-refractivity contribution is -0.128. The predicted molar refractivity (Wildman–Crippen MR) is 72.1 cm³/mol. The number of methoxy groups -OCH3 is 1. The smallest absolute Gasteiger partial charge is 0.252 e. The highest BCUT2D eigenvalue weighted by atomic mass is 19.1. The van der Waals surface area contributed by atoms with Crippen LogP contribution in [0.3, 0.4) is 0 Å². The van der Waals surface area contributed by atoms with E-state index in [1.54, 1.807) is 13.8 Å². The van der Waals surface area contributed by atoms with Crippen LogP contribution in [0.2, 0.25) is 0 Å². The average Bonchev–Trinajstić information content (AvgIpc) is 2.48. The molecule has 0 bridgehead atoms. The van der Waals surface area contributed by atoms with E-state index in [0.29, 0.717) is 5.69 Å². The topological polar surface area (TPSA) is 58.6 Å². The monoisotopic (exact) mass is 280 g/mol. The Morgan fingerprint density at radius 1 is 1.35 bits per heavy atom. The van der Waals surface area contributed by atoms with Gasteiger partial charge in [-0.3, -0.25) is 9.59 Å². The van der Waals surface area contributed by atoms with Crippen molar-refractivity contribution in [2.45, 2.75) is 25.8 Å². The molecule has 0 spiro atoms. The van der Waals surface area contributed by atoms with Gasteiger partial charge >= 0.3 is 0 Å². The lowest BCUT2D eigenvalue weighted by Gasteiger charge is -2.29. The Labute approximate surface area is 116 Å². The highest BCUT2D eigenvalue weighted by molar-refractivity contribution is 6.04. The van der Waals surface area contributed by atoms with Gasteiger partial charge in [-0.25, -0.2) is 4.39 Å². The standard InChI is InChI=1S/C14H17FN2O3/c1-14(2)13(19)17(7-6-12(18)16-14)10-5-4-9(15)8-11(10)20-3/h4-5,8H,6-7H2,1-3H3,(H,16,18). The molecule has 108 valence electrons. The van der Waals surface area contributed by atoms with Crippen LogP contribution in [0.1, 0.15) is 20.3 Å². The number of ether oxygens (including phenoxy) is 1. The molecule has 6 heteroatoms. The number of amides is 2. The van der Waals surface area contributed by atoms with Gasteiger partial charge in [0, 0.05) is 19.0 Å². The molecule has 0 aliphatic carbocycles. The Bertz CT molecular complexity index is 557. The minimum atomic E-state index is -1.01. The normalized spacial score (nSPS) is 18.5. The quantitative estimate of drug-likeness (QED) is 0.892. The first kappa shape index (κ1) is 14.3. The van der Waals surface area contributed by atoms with Crippen molar-refractivity contribution in [1.29, 1.82) is 0 Å². The lowest BCUT2D eigenvalue weighted by atomic mass is 10.0. The van der Waals surface area contributed by atoms with Crippen LogP contribution in [0, 0.1) is 5.82 Å². The summed E-state index contributed by atoms with van der Waals surface area (Å²) in [6, 6.07) is 3.96. The number of halogens is 1.